The van der Waals surface area contributed by atoms with Crippen LogP contribution in [0.1, 0.15) is 0 Å². The number of aromatic nitrogens is 1. The molecule has 0 aliphatic rings. The summed E-state index contributed by atoms with van der Waals surface area (Å²) in [7, 11) is -3.66. The highest BCUT2D eigenvalue weighted by Gasteiger charge is 2.15. The van der Waals surface area contributed by atoms with Gasteiger partial charge in [0.15, 0.2) is 0 Å². The monoisotopic (exact) mass is 373 g/mol. The van der Waals surface area contributed by atoms with Gasteiger partial charge >= 0.3 is 0 Å². The zero-order valence-electron chi connectivity index (χ0n) is 12.3. The summed E-state index contributed by atoms with van der Waals surface area (Å²) in [5.74, 6) is 1.22. The molecule has 2 rings (SSSR count). The largest absolute Gasteiger partial charge is 0.369 e. The second kappa shape index (κ2) is 8.38. The van der Waals surface area contributed by atoms with Crippen LogP contribution in [0.3, 0.4) is 0 Å². The molecule has 1 heterocycles. The van der Waals surface area contributed by atoms with Gasteiger partial charge in [0.2, 0.25) is 0 Å². The third kappa shape index (κ3) is 4.99. The molecule has 8 heteroatoms. The molecule has 0 saturated heterocycles. The van der Waals surface area contributed by atoms with Gasteiger partial charge in [0.1, 0.15) is 5.82 Å². The van der Waals surface area contributed by atoms with Gasteiger partial charge in [0, 0.05) is 36.7 Å². The smallest absolute Gasteiger partial charge is 0.263 e. The molecule has 124 valence electrons. The van der Waals surface area contributed by atoms with Crippen LogP contribution >= 0.6 is 23.2 Å². The molecule has 0 atom stereocenters. The molecule has 23 heavy (non-hydrogen) atoms. The van der Waals surface area contributed by atoms with Crippen LogP contribution < -0.4 is 9.62 Å². The van der Waals surface area contributed by atoms with E-state index in [-0.39, 0.29) is 10.7 Å². The molecule has 0 bridgehead atoms. The number of halogens is 2. The minimum Gasteiger partial charge on any atom is -0.369 e. The second-order valence-corrected chi connectivity index (χ2v) is 7.12. The summed E-state index contributed by atoms with van der Waals surface area (Å²) in [6.45, 7) is 1.29. The minimum atomic E-state index is -3.66. The summed E-state index contributed by atoms with van der Waals surface area (Å²) in [5.41, 5.74) is 0.878. The Morgan fingerprint density at radius 2 is 1.65 bits per heavy atom. The molecule has 0 unspecified atom stereocenters. The van der Waals surface area contributed by atoms with Crippen LogP contribution in [0.15, 0.2) is 53.6 Å². The van der Waals surface area contributed by atoms with Crippen LogP contribution in [0.4, 0.5) is 11.5 Å². The Hall–Kier alpha value is -1.50. The van der Waals surface area contributed by atoms with Crippen molar-refractivity contribution in [3.8, 4) is 0 Å². The molecule has 0 saturated carbocycles. The lowest BCUT2D eigenvalue weighted by Gasteiger charge is -2.23. The number of hydrogen-bond acceptors (Lipinski definition) is 4. The average Bonchev–Trinajstić information content (AvgIpc) is 2.55. The summed E-state index contributed by atoms with van der Waals surface area (Å²) in [6, 6.07) is 11.6. The number of pyridine rings is 1. The van der Waals surface area contributed by atoms with Crippen LogP contribution in [-0.4, -0.2) is 38.3 Å². The first-order valence-electron chi connectivity index (χ1n) is 6.97. The number of nitrogens with one attached hydrogen (secondary N) is 1. The van der Waals surface area contributed by atoms with E-state index < -0.39 is 10.0 Å². The molecule has 0 aliphatic heterocycles. The number of alkyl halides is 2. The van der Waals surface area contributed by atoms with E-state index in [0.29, 0.717) is 24.8 Å². The lowest BCUT2D eigenvalue weighted by Crippen LogP contribution is -2.27. The van der Waals surface area contributed by atoms with E-state index in [4.69, 9.17) is 23.2 Å². The maximum atomic E-state index is 12.3. The van der Waals surface area contributed by atoms with Crippen molar-refractivity contribution >= 4 is 44.7 Å². The Balaban J connectivity index is 2.17. The van der Waals surface area contributed by atoms with Gasteiger partial charge in [0.25, 0.3) is 10.0 Å². The molecule has 1 aromatic heterocycles. The van der Waals surface area contributed by atoms with Crippen molar-refractivity contribution in [2.75, 3.05) is 34.5 Å². The number of anilines is 2. The molecule has 0 fully saturated rings. The normalized spacial score (nSPS) is 11.2. The predicted molar refractivity (Wildman–Crippen MR) is 95.1 cm³/mol. The van der Waals surface area contributed by atoms with Crippen molar-refractivity contribution in [2.45, 2.75) is 4.90 Å². The molecular formula is C15H17Cl2N3O2S. The van der Waals surface area contributed by atoms with Crippen molar-refractivity contribution in [1.82, 2.24) is 4.98 Å². The Labute approximate surface area is 146 Å². The fraction of sp³-hybridized carbons (Fsp3) is 0.267. The molecule has 1 aromatic carbocycles. The van der Waals surface area contributed by atoms with E-state index in [1.807, 2.05) is 4.90 Å². The zero-order chi connectivity index (χ0) is 16.7. The molecule has 5 nitrogen and oxygen atoms in total. The van der Waals surface area contributed by atoms with E-state index in [9.17, 15) is 8.42 Å². The first-order valence-corrected chi connectivity index (χ1v) is 9.53. The first kappa shape index (κ1) is 17.8. The van der Waals surface area contributed by atoms with Crippen molar-refractivity contribution in [1.29, 1.82) is 0 Å². The van der Waals surface area contributed by atoms with Crippen LogP contribution in [-0.2, 0) is 10.0 Å². The Bertz CT molecular complexity index is 703. The van der Waals surface area contributed by atoms with Crippen molar-refractivity contribution in [3.05, 3.63) is 48.7 Å². The summed E-state index contributed by atoms with van der Waals surface area (Å²) >= 11 is 11.6. The van der Waals surface area contributed by atoms with Gasteiger partial charge in [-0.1, -0.05) is 6.07 Å². The fourth-order valence-electron chi connectivity index (χ4n) is 2.03. The van der Waals surface area contributed by atoms with Gasteiger partial charge in [-0.25, -0.2) is 13.4 Å². The summed E-state index contributed by atoms with van der Waals surface area (Å²) in [6.07, 6.45) is 1.52. The summed E-state index contributed by atoms with van der Waals surface area (Å²) < 4.78 is 27.1. The molecule has 2 aromatic rings. The van der Waals surface area contributed by atoms with E-state index >= 15 is 0 Å². The van der Waals surface area contributed by atoms with Gasteiger partial charge in [-0.2, -0.15) is 0 Å². The number of rotatable bonds is 8. The van der Waals surface area contributed by atoms with Crippen LogP contribution in [0.25, 0.3) is 0 Å². The van der Waals surface area contributed by atoms with Gasteiger partial charge in [0.05, 0.1) is 4.90 Å². The van der Waals surface area contributed by atoms with Crippen LogP contribution in [0.5, 0.6) is 0 Å². The molecule has 0 radical (unpaired) electrons. The summed E-state index contributed by atoms with van der Waals surface area (Å²) in [4.78, 5) is 6.13. The lowest BCUT2D eigenvalue weighted by molar-refractivity contribution is 0.601. The van der Waals surface area contributed by atoms with Crippen molar-refractivity contribution < 1.29 is 8.42 Å². The van der Waals surface area contributed by atoms with Crippen LogP contribution in [0.2, 0.25) is 0 Å². The quantitative estimate of drug-likeness (QED) is 0.721. The van der Waals surface area contributed by atoms with Crippen molar-refractivity contribution in [2.24, 2.45) is 0 Å². The van der Waals surface area contributed by atoms with Crippen LogP contribution in [0, 0.1) is 0 Å². The topological polar surface area (TPSA) is 62.3 Å². The number of sulfonamides is 1. The minimum absolute atomic E-state index is 0.170. The first-order chi connectivity index (χ1) is 11.1. The van der Waals surface area contributed by atoms with E-state index in [2.05, 4.69) is 9.71 Å². The van der Waals surface area contributed by atoms with Gasteiger partial charge in [-0.3, -0.25) is 4.72 Å². The Morgan fingerprint density at radius 3 is 2.17 bits per heavy atom. The highest BCUT2D eigenvalue weighted by Crippen LogP contribution is 2.20. The molecule has 0 aliphatic carbocycles. The average molecular weight is 374 g/mol. The third-order valence-electron chi connectivity index (χ3n) is 3.12. The van der Waals surface area contributed by atoms with E-state index in [1.54, 1.807) is 42.5 Å². The fourth-order valence-corrected chi connectivity index (χ4v) is 3.45. The number of benzene rings is 1. The SMILES string of the molecule is O=S(=O)(Nc1ccccn1)c1ccc(N(CCCl)CCCl)cc1. The maximum absolute atomic E-state index is 12.3. The zero-order valence-corrected chi connectivity index (χ0v) is 14.7. The summed E-state index contributed by atoms with van der Waals surface area (Å²) in [5, 5.41) is 0. The Kier molecular flexibility index (Phi) is 6.50. The number of nitrogens with zero attached hydrogens (tertiary/aromatic N) is 2. The molecule has 1 N–H and O–H groups in total. The molecule has 0 spiro atoms. The third-order valence-corrected chi connectivity index (χ3v) is 4.83. The highest BCUT2D eigenvalue weighted by molar-refractivity contribution is 7.92. The maximum Gasteiger partial charge on any atom is 0.263 e. The lowest BCUT2D eigenvalue weighted by atomic mass is 10.3. The van der Waals surface area contributed by atoms with Gasteiger partial charge in [-0.05, 0) is 36.4 Å². The highest BCUT2D eigenvalue weighted by atomic mass is 35.5. The van der Waals surface area contributed by atoms with E-state index in [1.165, 1.54) is 6.20 Å². The van der Waals surface area contributed by atoms with Gasteiger partial charge < -0.3 is 4.90 Å². The molecular weight excluding hydrogens is 357 g/mol. The Morgan fingerprint density at radius 1 is 1.00 bits per heavy atom. The van der Waals surface area contributed by atoms with Gasteiger partial charge in [-0.15, -0.1) is 23.2 Å². The number of hydrogen-bond donors (Lipinski definition) is 1. The predicted octanol–water partition coefficient (Wildman–Crippen LogP) is 3.17. The standard InChI is InChI=1S/C15H17Cl2N3O2S/c16-8-11-20(12-9-17)13-4-6-14(7-5-13)23(21,22)19-15-3-1-2-10-18-15/h1-7,10H,8-9,11-12H2,(H,18,19). The molecule has 0 amide bonds. The second-order valence-electron chi connectivity index (χ2n) is 4.68. The van der Waals surface area contributed by atoms with E-state index in [0.717, 1.165) is 5.69 Å². The van der Waals surface area contributed by atoms with Crippen molar-refractivity contribution in [3.63, 3.8) is 0 Å².